The van der Waals surface area contributed by atoms with Crippen LogP contribution in [0.2, 0.25) is 10.0 Å². The van der Waals surface area contributed by atoms with Crippen molar-refractivity contribution in [2.45, 2.75) is 37.6 Å². The first-order valence-electron chi connectivity index (χ1n) is 13.4. The highest BCUT2D eigenvalue weighted by Crippen LogP contribution is 2.39. The Morgan fingerprint density at radius 2 is 1.88 bits per heavy atom. The van der Waals surface area contributed by atoms with Gasteiger partial charge < -0.3 is 15.1 Å². The molecule has 0 bridgehead atoms. The molecule has 2 aliphatic rings. The number of para-hydroxylation sites is 1. The summed E-state index contributed by atoms with van der Waals surface area (Å²) in [6.07, 6.45) is 5.37. The minimum Gasteiger partial charge on any atom is -0.371 e. The van der Waals surface area contributed by atoms with E-state index < -0.39 is 0 Å². The Kier molecular flexibility index (Phi) is 8.73. The van der Waals surface area contributed by atoms with Gasteiger partial charge in [-0.3, -0.25) is 14.5 Å². The van der Waals surface area contributed by atoms with Crippen molar-refractivity contribution >= 4 is 69.8 Å². The van der Waals surface area contributed by atoms with E-state index in [2.05, 4.69) is 33.2 Å². The zero-order valence-electron chi connectivity index (χ0n) is 22.8. The lowest BCUT2D eigenvalue weighted by Crippen LogP contribution is -2.35. The van der Waals surface area contributed by atoms with Gasteiger partial charge in [0, 0.05) is 44.8 Å². The molecule has 0 unspecified atom stereocenters. The number of nitrogens with one attached hydrogen (secondary N) is 1. The second-order valence-corrected chi connectivity index (χ2v) is 12.0. The summed E-state index contributed by atoms with van der Waals surface area (Å²) in [6.45, 7) is 4.23. The molecule has 0 saturated carbocycles. The average Bonchev–Trinajstić information content (AvgIpc) is 2.94. The number of carbonyl (C=O) groups excluding carboxylic acids is 2. The summed E-state index contributed by atoms with van der Waals surface area (Å²) in [6, 6.07) is 11.2. The van der Waals surface area contributed by atoms with E-state index in [4.69, 9.17) is 23.2 Å². The molecule has 0 atom stereocenters. The number of benzene rings is 2. The molecule has 2 aliphatic heterocycles. The molecule has 40 heavy (non-hydrogen) atoms. The van der Waals surface area contributed by atoms with Crippen LogP contribution in [0.15, 0.2) is 47.6 Å². The van der Waals surface area contributed by atoms with E-state index in [0.29, 0.717) is 44.6 Å². The number of aromatic nitrogens is 2. The Bertz CT molecular complexity index is 1410. The Labute approximate surface area is 249 Å². The van der Waals surface area contributed by atoms with Gasteiger partial charge >= 0.3 is 0 Å². The van der Waals surface area contributed by atoms with E-state index in [9.17, 15) is 9.59 Å². The third-order valence-electron chi connectivity index (χ3n) is 7.48. The Balaban J connectivity index is 1.37. The third-order valence-corrected chi connectivity index (χ3v) is 9.06. The second kappa shape index (κ2) is 12.2. The number of hydrogen-bond donors (Lipinski definition) is 1. The molecule has 0 aliphatic carbocycles. The molecule has 0 spiro atoms. The number of rotatable bonds is 7. The average molecular weight is 600 g/mol. The predicted octanol–water partition coefficient (Wildman–Crippen LogP) is 6.49. The van der Waals surface area contributed by atoms with Crippen molar-refractivity contribution in [1.29, 1.82) is 0 Å². The fourth-order valence-corrected chi connectivity index (χ4v) is 6.62. The molecule has 5 rings (SSSR count). The van der Waals surface area contributed by atoms with E-state index in [-0.39, 0.29) is 11.8 Å². The summed E-state index contributed by atoms with van der Waals surface area (Å²) in [5.41, 5.74) is 3.72. The molecule has 1 aromatic heterocycles. The van der Waals surface area contributed by atoms with Gasteiger partial charge in [0.25, 0.3) is 5.91 Å². The van der Waals surface area contributed by atoms with Crippen LogP contribution in [0.25, 0.3) is 0 Å². The first kappa shape index (κ1) is 28.5. The summed E-state index contributed by atoms with van der Waals surface area (Å²) in [7, 11) is 3.55. The Morgan fingerprint density at radius 1 is 1.15 bits per heavy atom. The van der Waals surface area contributed by atoms with E-state index in [1.807, 2.05) is 12.1 Å². The normalized spacial score (nSPS) is 15.7. The van der Waals surface area contributed by atoms with Gasteiger partial charge in [0.2, 0.25) is 11.9 Å². The summed E-state index contributed by atoms with van der Waals surface area (Å²) >= 11 is 14.1. The highest BCUT2D eigenvalue weighted by Gasteiger charge is 2.30. The van der Waals surface area contributed by atoms with Crippen LogP contribution in [0.5, 0.6) is 0 Å². The van der Waals surface area contributed by atoms with Gasteiger partial charge in [0.1, 0.15) is 5.03 Å². The number of likely N-dealkylation sites (N-methyl/N-ethyl adjacent to an activating group) is 1. The monoisotopic (exact) mass is 598 g/mol. The number of anilines is 4. The van der Waals surface area contributed by atoms with Gasteiger partial charge in [0.15, 0.2) is 0 Å². The number of amides is 2. The number of fused-ring (bicyclic) bond motifs is 1. The summed E-state index contributed by atoms with van der Waals surface area (Å²) in [5, 5.41) is 4.67. The molecule has 2 amide bonds. The third kappa shape index (κ3) is 6.01. The topological polar surface area (TPSA) is 81.7 Å². The molecule has 1 saturated heterocycles. The van der Waals surface area contributed by atoms with Crippen molar-refractivity contribution in [1.82, 2.24) is 14.9 Å². The number of piperidine rings is 1. The number of halogens is 2. The van der Waals surface area contributed by atoms with E-state index in [0.717, 1.165) is 48.8 Å². The fourth-order valence-electron chi connectivity index (χ4n) is 5.07. The first-order chi connectivity index (χ1) is 19.2. The molecule has 8 nitrogen and oxygen atoms in total. The standard InChI is InChI=1S/C29H32Cl2N6O2S/c1-4-18-10-12-36(13-11-18)24-9-8-20(14-19(24)15-25(38)35(2)3)33-29-32-16-21-27(34-29)40-17-37(28(21)39)26-22(30)6-5-7-23(26)31/h5-9,14,16,18H,4,10-13,15,17H2,1-3H3,(H,32,33,34). The van der Waals surface area contributed by atoms with Crippen molar-refractivity contribution in [3.05, 3.63) is 63.8 Å². The van der Waals surface area contributed by atoms with Crippen molar-refractivity contribution in [2.75, 3.05) is 48.2 Å². The lowest BCUT2D eigenvalue weighted by molar-refractivity contribution is -0.127. The van der Waals surface area contributed by atoms with Crippen LogP contribution in [0.4, 0.5) is 23.0 Å². The SMILES string of the molecule is CCC1CCN(c2ccc(Nc3ncc4c(n3)SCN(c3c(Cl)cccc3Cl)C4=O)cc2CC(=O)N(C)C)CC1. The summed E-state index contributed by atoms with van der Waals surface area (Å²) in [5.74, 6) is 1.26. The Hall–Kier alpha value is -3.01. The smallest absolute Gasteiger partial charge is 0.263 e. The Morgan fingerprint density at radius 3 is 2.55 bits per heavy atom. The van der Waals surface area contributed by atoms with Crippen LogP contribution >= 0.6 is 35.0 Å². The van der Waals surface area contributed by atoms with Crippen LogP contribution < -0.4 is 15.1 Å². The highest BCUT2D eigenvalue weighted by atomic mass is 35.5. The first-order valence-corrected chi connectivity index (χ1v) is 15.1. The lowest BCUT2D eigenvalue weighted by atomic mass is 9.93. The van der Waals surface area contributed by atoms with E-state index in [1.165, 1.54) is 24.4 Å². The highest BCUT2D eigenvalue weighted by molar-refractivity contribution is 7.99. The van der Waals surface area contributed by atoms with Crippen molar-refractivity contribution < 1.29 is 9.59 Å². The molecule has 210 valence electrons. The van der Waals surface area contributed by atoms with Crippen molar-refractivity contribution in [2.24, 2.45) is 5.92 Å². The fraction of sp³-hybridized carbons (Fsp3) is 0.379. The molecular formula is C29H32Cl2N6O2S. The lowest BCUT2D eigenvalue weighted by Gasteiger charge is -2.34. The van der Waals surface area contributed by atoms with Gasteiger partial charge in [-0.15, -0.1) is 0 Å². The van der Waals surface area contributed by atoms with Crippen LogP contribution in [0.3, 0.4) is 0 Å². The molecule has 2 aromatic carbocycles. The van der Waals surface area contributed by atoms with Crippen LogP contribution in [0, 0.1) is 5.92 Å². The van der Waals surface area contributed by atoms with Gasteiger partial charge in [0.05, 0.1) is 33.6 Å². The zero-order chi connectivity index (χ0) is 28.4. The van der Waals surface area contributed by atoms with Crippen LogP contribution in [0.1, 0.15) is 42.1 Å². The largest absolute Gasteiger partial charge is 0.371 e. The quantitative estimate of drug-likeness (QED) is 0.311. The van der Waals surface area contributed by atoms with Crippen molar-refractivity contribution in [3.63, 3.8) is 0 Å². The van der Waals surface area contributed by atoms with Gasteiger partial charge in [-0.05, 0) is 54.7 Å². The summed E-state index contributed by atoms with van der Waals surface area (Å²) in [4.78, 5) is 40.6. The van der Waals surface area contributed by atoms with E-state index in [1.54, 1.807) is 42.1 Å². The molecule has 1 N–H and O–H groups in total. The second-order valence-electron chi connectivity index (χ2n) is 10.3. The van der Waals surface area contributed by atoms with Crippen LogP contribution in [-0.2, 0) is 11.2 Å². The molecule has 3 heterocycles. The number of thioether (sulfide) groups is 1. The maximum absolute atomic E-state index is 13.3. The van der Waals surface area contributed by atoms with Crippen LogP contribution in [-0.4, -0.2) is 59.7 Å². The van der Waals surface area contributed by atoms with Gasteiger partial charge in [-0.1, -0.05) is 54.4 Å². The van der Waals surface area contributed by atoms with Gasteiger partial charge in [-0.2, -0.15) is 0 Å². The maximum atomic E-state index is 13.3. The number of hydrogen-bond acceptors (Lipinski definition) is 7. The summed E-state index contributed by atoms with van der Waals surface area (Å²) < 4.78 is 0. The van der Waals surface area contributed by atoms with Crippen molar-refractivity contribution in [3.8, 4) is 0 Å². The molecular weight excluding hydrogens is 567 g/mol. The molecule has 0 radical (unpaired) electrons. The maximum Gasteiger partial charge on any atom is 0.263 e. The number of nitrogens with zero attached hydrogens (tertiary/aromatic N) is 5. The molecule has 11 heteroatoms. The zero-order valence-corrected chi connectivity index (χ0v) is 25.1. The molecule has 1 fully saturated rings. The predicted molar refractivity (Wildman–Crippen MR) is 163 cm³/mol. The number of carbonyl (C=O) groups is 2. The minimum atomic E-state index is -0.254. The van der Waals surface area contributed by atoms with E-state index >= 15 is 0 Å². The van der Waals surface area contributed by atoms with Gasteiger partial charge in [-0.25, -0.2) is 9.97 Å². The molecule has 3 aromatic rings. The minimum absolute atomic E-state index is 0.0463.